The van der Waals surface area contributed by atoms with E-state index in [9.17, 15) is 78.0 Å². The van der Waals surface area contributed by atoms with Crippen molar-refractivity contribution in [1.82, 2.24) is 61.7 Å². The van der Waals surface area contributed by atoms with Crippen LogP contribution in [0.5, 0.6) is 5.75 Å². The molecule has 0 aliphatic carbocycles. The summed E-state index contributed by atoms with van der Waals surface area (Å²) >= 11 is 1.92. The molecule has 2 saturated heterocycles. The van der Waals surface area contributed by atoms with Crippen LogP contribution in [-0.2, 0) is 65.6 Å². The van der Waals surface area contributed by atoms with E-state index in [1.165, 1.54) is 37.4 Å². The summed E-state index contributed by atoms with van der Waals surface area (Å²) in [7, 11) is 1.38. The summed E-state index contributed by atoms with van der Waals surface area (Å²) in [6.45, 7) is -0.759. The number of carbonyl (C=O) groups is 12. The van der Waals surface area contributed by atoms with Crippen LogP contribution in [0.2, 0.25) is 0 Å². The van der Waals surface area contributed by atoms with Gasteiger partial charge in [0.2, 0.25) is 47.3 Å². The van der Waals surface area contributed by atoms with E-state index >= 15 is 0 Å². The minimum absolute atomic E-state index is 0.00579. The van der Waals surface area contributed by atoms with E-state index in [1.54, 1.807) is 31.7 Å². The normalized spacial score (nSPS) is 18.7. The van der Waals surface area contributed by atoms with Gasteiger partial charge >= 0.3 is 17.9 Å². The first kappa shape index (κ1) is 80.6. The van der Waals surface area contributed by atoms with Crippen molar-refractivity contribution < 1.29 is 78.0 Å². The van der Waals surface area contributed by atoms with E-state index in [2.05, 4.69) is 42.5 Å². The number of rotatable bonds is 31. The highest BCUT2D eigenvalue weighted by atomic mass is 127. The van der Waals surface area contributed by atoms with Crippen LogP contribution in [0.25, 0.3) is 10.8 Å². The van der Waals surface area contributed by atoms with Crippen LogP contribution in [0, 0.1) is 8.98 Å². The number of hydrogen-bond donors (Lipinski definition) is 15. The quantitative estimate of drug-likeness (QED) is 0.0127. The maximum Gasteiger partial charge on any atom is 0.317 e. The van der Waals surface area contributed by atoms with Gasteiger partial charge in [0.05, 0.1) is 48.7 Å². The molecule has 0 spiro atoms. The highest BCUT2D eigenvalue weighted by Crippen LogP contribution is 2.23. The number of nitrogens with one attached hydrogen (secondary N) is 9. The molecular formula is C68H93IN16O16. The number of likely N-dealkylation sites (N-methyl/N-ethyl adjacent to an activating group) is 1. The number of carbonyl (C=O) groups excluding carboxylic acids is 9. The predicted octanol–water partition coefficient (Wildman–Crippen LogP) is -0.803. The molecule has 9 amide bonds. The van der Waals surface area contributed by atoms with Gasteiger partial charge in [0.1, 0.15) is 36.0 Å². The maximum absolute atomic E-state index is 14.8. The van der Waals surface area contributed by atoms with Crippen LogP contribution in [0.1, 0.15) is 79.3 Å². The van der Waals surface area contributed by atoms with Crippen LogP contribution in [0.15, 0.2) is 84.9 Å². The van der Waals surface area contributed by atoms with E-state index in [1.807, 2.05) is 65.1 Å². The molecule has 32 nitrogen and oxygen atoms in total. The number of amidine groups is 1. The van der Waals surface area contributed by atoms with Crippen LogP contribution in [-0.4, -0.2) is 264 Å². The van der Waals surface area contributed by atoms with Crippen molar-refractivity contribution in [3.8, 4) is 5.75 Å². The van der Waals surface area contributed by atoms with Gasteiger partial charge in [0, 0.05) is 96.5 Å². The monoisotopic (exact) mass is 1520 g/mol. The summed E-state index contributed by atoms with van der Waals surface area (Å²) in [6.07, 6.45) is 1.98. The van der Waals surface area contributed by atoms with E-state index in [4.69, 9.17) is 16.9 Å². The Bertz CT molecular complexity index is 3540. The lowest BCUT2D eigenvalue weighted by Crippen LogP contribution is -2.58. The fourth-order valence-electron chi connectivity index (χ4n) is 11.6. The molecule has 5 atom stereocenters. The van der Waals surface area contributed by atoms with E-state index in [-0.39, 0.29) is 153 Å². The molecule has 0 saturated carbocycles. The lowest BCUT2D eigenvalue weighted by Gasteiger charge is -2.33. The second-order valence-corrected chi connectivity index (χ2v) is 26.2. The van der Waals surface area contributed by atoms with Gasteiger partial charge in [-0.15, -0.1) is 0 Å². The summed E-state index contributed by atoms with van der Waals surface area (Å²) in [4.78, 5) is 169. The van der Waals surface area contributed by atoms with Gasteiger partial charge < -0.3 is 79.3 Å². The average Bonchev–Trinajstić information content (AvgIpc) is 1.69. The number of halogens is 1. The summed E-state index contributed by atoms with van der Waals surface area (Å²) in [5, 5.41) is 70.3. The summed E-state index contributed by atoms with van der Waals surface area (Å²) in [6, 6.07) is 17.4. The number of amides is 9. The number of nitrogens with two attached hydrogens (primary N) is 2. The Morgan fingerprint density at radius 3 is 1.79 bits per heavy atom. The van der Waals surface area contributed by atoms with Gasteiger partial charge in [-0.05, 0) is 132 Å². The third kappa shape index (κ3) is 28.3. The van der Waals surface area contributed by atoms with Gasteiger partial charge in [0.25, 0.3) is 5.91 Å². The van der Waals surface area contributed by atoms with Gasteiger partial charge in [-0.3, -0.25) is 82.5 Å². The number of nitrogens with zero attached hydrogens (tertiary/aromatic N) is 5. The molecule has 548 valence electrons. The Balaban J connectivity index is 1.10. The number of unbranched alkanes of at least 4 members (excludes halogenated alkanes) is 2. The minimum atomic E-state index is -1.31. The van der Waals surface area contributed by atoms with E-state index < -0.39 is 114 Å². The van der Waals surface area contributed by atoms with E-state index in [0.29, 0.717) is 46.9 Å². The highest BCUT2D eigenvalue weighted by Gasteiger charge is 2.36. The van der Waals surface area contributed by atoms with Crippen molar-refractivity contribution in [2.45, 2.75) is 101 Å². The van der Waals surface area contributed by atoms with Gasteiger partial charge in [-0.2, -0.15) is 0 Å². The Labute approximate surface area is 598 Å². The molecule has 4 aromatic rings. The molecule has 1 unspecified atom stereocenters. The molecule has 4 aromatic carbocycles. The first-order valence-corrected chi connectivity index (χ1v) is 34.5. The standard InChI is InChI=1S/C68H93IN16O16/c1-81-54(67(100)79-51(11-4-5-14-56(71)72)66(99)80-52(35-43-15-17-45-9-2-3-10-47(45)33-43)65(98)75-38-58(88)78-53(68(81)101)36-44-16-22-55(86)49(69)34-44)13-8-24-73-63(96)46-18-20-48(21-19-46)76-57(87)37-74-64(97)50(12-6-7-23-70)77-59(89)39-82-25-27-83(40-60(90)91)29-31-85(42-62(94)95)32-30-84(28-26-82)41-61(92)93/h2-3,9-10,15-22,33-34,50-54,86H,4-8,11-14,23-32,35-42,70H2,1H3,(H3,71,72)(H,73,96)(H,74,97)(H,75,98)(H,76,87)(H,77,89)(H,78,88)(H,79,100)(H,80,99)(H,90,91)(H,92,93)(H,94,95)/t50-,51-,52-,53+,54?/m0/s1. The summed E-state index contributed by atoms with van der Waals surface area (Å²) in [5.74, 6) is -9.48. The second kappa shape index (κ2) is 41.4. The predicted molar refractivity (Wildman–Crippen MR) is 381 cm³/mol. The van der Waals surface area contributed by atoms with Gasteiger partial charge in [0.15, 0.2) is 0 Å². The van der Waals surface area contributed by atoms with Crippen LogP contribution in [0.3, 0.4) is 0 Å². The Morgan fingerprint density at radius 2 is 1.20 bits per heavy atom. The number of aromatic hydroxyl groups is 1. The van der Waals surface area contributed by atoms with Crippen molar-refractivity contribution >= 4 is 116 Å². The number of aliphatic carboxylic acids is 3. The molecule has 6 rings (SSSR count). The number of phenolic OH excluding ortho intramolecular Hbond substituents is 1. The van der Waals surface area contributed by atoms with Crippen molar-refractivity contribution in [2.24, 2.45) is 11.5 Å². The number of benzene rings is 4. The summed E-state index contributed by atoms with van der Waals surface area (Å²) < 4.78 is 0.467. The zero-order valence-corrected chi connectivity index (χ0v) is 58.7. The first-order chi connectivity index (χ1) is 48.2. The lowest BCUT2D eigenvalue weighted by molar-refractivity contribution is -0.142. The van der Waals surface area contributed by atoms with E-state index in [0.717, 1.165) is 15.7 Å². The fraction of sp³-hybridized carbons (Fsp3) is 0.485. The SMILES string of the molecule is CN1C(=O)[C@@H](Cc2ccc(O)c(I)c2)NC(=O)CNC(=O)[C@H](Cc2ccc3ccccc3c2)NC(=O)[C@H](CCCCC(=N)N)NC(=O)C1CCCNC(=O)c1ccc(NC(=O)CNC(=O)[C@H](CCCCN)NC(=O)CN2CCN(CC(=O)O)CCN(CC(=O)O)CCN(CC(=O)O)CC2)cc1. The average molecular weight is 1520 g/mol. The molecule has 17 N–H and O–H groups in total. The molecule has 2 aliphatic heterocycles. The Morgan fingerprint density at radius 1 is 0.624 bits per heavy atom. The Hall–Kier alpha value is -9.42. The third-order valence-electron chi connectivity index (χ3n) is 17.1. The van der Waals surface area contributed by atoms with Crippen molar-refractivity contribution in [3.05, 3.63) is 105 Å². The topological polar surface area (TPSA) is 474 Å². The molecule has 0 aromatic heterocycles. The lowest BCUT2D eigenvalue weighted by atomic mass is 10.00. The molecule has 101 heavy (non-hydrogen) atoms. The highest BCUT2D eigenvalue weighted by molar-refractivity contribution is 14.1. The zero-order chi connectivity index (χ0) is 73.5. The summed E-state index contributed by atoms with van der Waals surface area (Å²) in [5.41, 5.74) is 13.0. The molecule has 2 aliphatic rings. The number of hydrogen-bond acceptors (Lipinski definition) is 19. The first-order valence-electron chi connectivity index (χ1n) is 33.5. The number of phenols is 1. The molecule has 0 bridgehead atoms. The Kier molecular flexibility index (Phi) is 33.0. The van der Waals surface area contributed by atoms with Gasteiger partial charge in [-0.1, -0.05) is 55.0 Å². The molecular weight excluding hydrogens is 1420 g/mol. The van der Waals surface area contributed by atoms with Gasteiger partial charge in [-0.25, -0.2) is 0 Å². The van der Waals surface area contributed by atoms with Crippen molar-refractivity contribution in [1.29, 1.82) is 5.41 Å². The van der Waals surface area contributed by atoms with Crippen LogP contribution in [0.4, 0.5) is 5.69 Å². The number of carboxylic acids is 3. The van der Waals surface area contributed by atoms with Crippen LogP contribution < -0.4 is 54.0 Å². The fourth-order valence-corrected chi connectivity index (χ4v) is 12.2. The molecule has 2 heterocycles. The molecule has 0 radical (unpaired) electrons. The largest absolute Gasteiger partial charge is 0.507 e. The maximum atomic E-state index is 14.8. The number of anilines is 1. The minimum Gasteiger partial charge on any atom is -0.507 e. The van der Waals surface area contributed by atoms with Crippen molar-refractivity contribution in [2.75, 3.05) is 117 Å². The van der Waals surface area contributed by atoms with Crippen molar-refractivity contribution in [3.63, 3.8) is 0 Å². The number of fused-ring (bicyclic) bond motifs is 1. The third-order valence-corrected chi connectivity index (χ3v) is 18.0. The second-order valence-electron chi connectivity index (χ2n) is 25.0. The molecule has 33 heteroatoms. The molecule has 2 fully saturated rings. The van der Waals surface area contributed by atoms with Crippen LogP contribution >= 0.6 is 22.6 Å². The number of carboxylic acid groups (broad SMARTS) is 3. The smallest absolute Gasteiger partial charge is 0.317 e. The zero-order valence-electron chi connectivity index (χ0n) is 56.5.